The molecule has 4 aromatic carbocycles. The highest BCUT2D eigenvalue weighted by Gasteiger charge is 2.21. The zero-order valence-electron chi connectivity index (χ0n) is 17.5. The van der Waals surface area contributed by atoms with Gasteiger partial charge >= 0.3 is 0 Å². The minimum atomic E-state index is -0.346. The van der Waals surface area contributed by atoms with E-state index in [4.69, 9.17) is 5.73 Å². The summed E-state index contributed by atoms with van der Waals surface area (Å²) in [6.07, 6.45) is 0.891. The van der Waals surface area contributed by atoms with Crippen LogP contribution in [-0.4, -0.2) is 4.57 Å². The highest BCUT2D eigenvalue weighted by Crippen LogP contribution is 2.36. The second-order valence-corrected chi connectivity index (χ2v) is 8.27. The first-order chi connectivity index (χ1) is 14.6. The molecule has 0 bridgehead atoms. The molecule has 148 valence electrons. The summed E-state index contributed by atoms with van der Waals surface area (Å²) in [7, 11) is 0. The Kier molecular flexibility index (Phi) is 4.45. The van der Waals surface area contributed by atoms with Gasteiger partial charge in [0.15, 0.2) is 0 Å². The molecule has 2 heteroatoms. The molecule has 0 aliphatic heterocycles. The Hall–Kier alpha value is -3.36. The largest absolute Gasteiger partial charge is 0.322 e. The average Bonchev–Trinajstić information content (AvgIpc) is 3.13. The summed E-state index contributed by atoms with van der Waals surface area (Å²) in [5.74, 6) is 0. The van der Waals surface area contributed by atoms with Crippen molar-refractivity contribution in [3.8, 4) is 16.8 Å². The maximum absolute atomic E-state index is 6.60. The molecule has 2 N–H and O–H groups in total. The van der Waals surface area contributed by atoms with Gasteiger partial charge in [-0.3, -0.25) is 0 Å². The lowest BCUT2D eigenvalue weighted by molar-refractivity contribution is 0.477. The van der Waals surface area contributed by atoms with E-state index in [-0.39, 0.29) is 5.54 Å². The molecular formula is C28H26N2. The van der Waals surface area contributed by atoms with Crippen molar-refractivity contribution in [2.45, 2.75) is 25.8 Å². The van der Waals surface area contributed by atoms with Gasteiger partial charge in [-0.2, -0.15) is 0 Å². The molecule has 1 unspecified atom stereocenters. The molecule has 0 saturated heterocycles. The van der Waals surface area contributed by atoms with Crippen LogP contribution in [0.2, 0.25) is 0 Å². The molecule has 1 aromatic heterocycles. The van der Waals surface area contributed by atoms with E-state index in [2.05, 4.69) is 115 Å². The fourth-order valence-electron chi connectivity index (χ4n) is 4.24. The van der Waals surface area contributed by atoms with Crippen molar-refractivity contribution in [3.05, 3.63) is 103 Å². The SMILES string of the molecule is CCC(C)(N)c1ccc2c3ccc(-c4ccccc4)cc3n(-c3ccccc3)c2c1. The van der Waals surface area contributed by atoms with Crippen LogP contribution in [0.3, 0.4) is 0 Å². The smallest absolute Gasteiger partial charge is 0.0547 e. The molecule has 0 saturated carbocycles. The van der Waals surface area contributed by atoms with E-state index in [1.165, 1.54) is 38.5 Å². The van der Waals surface area contributed by atoms with Crippen molar-refractivity contribution >= 4 is 21.8 Å². The Morgan fingerprint density at radius 1 is 0.700 bits per heavy atom. The van der Waals surface area contributed by atoms with Gasteiger partial charge in [-0.05, 0) is 54.3 Å². The molecule has 1 heterocycles. The van der Waals surface area contributed by atoms with E-state index in [0.29, 0.717) is 0 Å². The van der Waals surface area contributed by atoms with E-state index in [9.17, 15) is 0 Å². The topological polar surface area (TPSA) is 30.9 Å². The predicted octanol–water partition coefficient (Wildman–Crippen LogP) is 7.03. The van der Waals surface area contributed by atoms with Gasteiger partial charge in [0, 0.05) is 22.0 Å². The van der Waals surface area contributed by atoms with Gasteiger partial charge in [-0.15, -0.1) is 0 Å². The van der Waals surface area contributed by atoms with Crippen molar-refractivity contribution in [2.75, 3.05) is 0 Å². The average molecular weight is 391 g/mol. The molecule has 2 nitrogen and oxygen atoms in total. The highest BCUT2D eigenvalue weighted by molar-refractivity contribution is 6.10. The molecule has 5 rings (SSSR count). The van der Waals surface area contributed by atoms with Crippen molar-refractivity contribution in [1.29, 1.82) is 0 Å². The van der Waals surface area contributed by atoms with Gasteiger partial charge in [0.25, 0.3) is 0 Å². The number of rotatable bonds is 4. The van der Waals surface area contributed by atoms with Crippen LogP contribution in [0.1, 0.15) is 25.8 Å². The fraction of sp³-hybridized carbons (Fsp3) is 0.143. The molecule has 30 heavy (non-hydrogen) atoms. The van der Waals surface area contributed by atoms with Crippen LogP contribution in [0.15, 0.2) is 97.1 Å². The van der Waals surface area contributed by atoms with E-state index < -0.39 is 0 Å². The number of benzene rings is 4. The predicted molar refractivity (Wildman–Crippen MR) is 128 cm³/mol. The van der Waals surface area contributed by atoms with Gasteiger partial charge in [-0.25, -0.2) is 0 Å². The van der Waals surface area contributed by atoms with Crippen LogP contribution in [0.25, 0.3) is 38.6 Å². The monoisotopic (exact) mass is 390 g/mol. The molecule has 0 aliphatic carbocycles. The van der Waals surface area contributed by atoms with E-state index >= 15 is 0 Å². The lowest BCUT2D eigenvalue weighted by atomic mass is 9.90. The quantitative estimate of drug-likeness (QED) is 0.351. The number of nitrogens with zero attached hydrogens (tertiary/aromatic N) is 1. The first-order valence-corrected chi connectivity index (χ1v) is 10.6. The Balaban J connectivity index is 1.86. The third-order valence-corrected chi connectivity index (χ3v) is 6.28. The Labute approximate surface area is 177 Å². The minimum absolute atomic E-state index is 0.346. The summed E-state index contributed by atoms with van der Waals surface area (Å²) in [5, 5.41) is 2.51. The van der Waals surface area contributed by atoms with Crippen molar-refractivity contribution in [2.24, 2.45) is 5.73 Å². The number of aromatic nitrogens is 1. The number of hydrogen-bond acceptors (Lipinski definition) is 1. The first-order valence-electron chi connectivity index (χ1n) is 10.6. The molecule has 0 fully saturated rings. The van der Waals surface area contributed by atoms with Crippen LogP contribution < -0.4 is 5.73 Å². The van der Waals surface area contributed by atoms with Crippen LogP contribution in [0.4, 0.5) is 0 Å². The Morgan fingerprint density at radius 3 is 1.97 bits per heavy atom. The molecule has 0 radical (unpaired) electrons. The molecular weight excluding hydrogens is 364 g/mol. The zero-order chi connectivity index (χ0) is 20.7. The summed E-state index contributed by atoms with van der Waals surface area (Å²) in [6.45, 7) is 4.25. The van der Waals surface area contributed by atoms with Gasteiger partial charge in [0.1, 0.15) is 0 Å². The summed E-state index contributed by atoms with van der Waals surface area (Å²) in [5.41, 5.74) is 13.4. The number of fused-ring (bicyclic) bond motifs is 3. The van der Waals surface area contributed by atoms with Gasteiger partial charge in [0.2, 0.25) is 0 Å². The molecule has 0 spiro atoms. The van der Waals surface area contributed by atoms with Crippen LogP contribution >= 0.6 is 0 Å². The lowest BCUT2D eigenvalue weighted by Gasteiger charge is -2.23. The van der Waals surface area contributed by atoms with Crippen LogP contribution in [0, 0.1) is 0 Å². The maximum atomic E-state index is 6.60. The van der Waals surface area contributed by atoms with E-state index in [0.717, 1.165) is 12.1 Å². The standard InChI is InChI=1S/C28H26N2/c1-3-28(2,29)22-15-17-25-24-16-14-21(20-10-6-4-7-11-20)18-26(24)30(27(25)19-22)23-12-8-5-9-13-23/h4-19H,3,29H2,1-2H3. The third kappa shape index (κ3) is 3.01. The highest BCUT2D eigenvalue weighted by atomic mass is 15.0. The second-order valence-electron chi connectivity index (χ2n) is 8.27. The number of nitrogens with two attached hydrogens (primary N) is 1. The maximum Gasteiger partial charge on any atom is 0.0547 e. The minimum Gasteiger partial charge on any atom is -0.322 e. The number of hydrogen-bond donors (Lipinski definition) is 1. The Bertz CT molecular complexity index is 1330. The summed E-state index contributed by atoms with van der Waals surface area (Å²) in [4.78, 5) is 0. The van der Waals surface area contributed by atoms with Gasteiger partial charge in [0.05, 0.1) is 11.0 Å². The van der Waals surface area contributed by atoms with Gasteiger partial charge in [-0.1, -0.05) is 79.7 Å². The van der Waals surface area contributed by atoms with Crippen molar-refractivity contribution < 1.29 is 0 Å². The van der Waals surface area contributed by atoms with Gasteiger partial charge < -0.3 is 10.3 Å². The summed E-state index contributed by atoms with van der Waals surface area (Å²) in [6, 6.07) is 34.6. The first kappa shape index (κ1) is 18.7. The van der Waals surface area contributed by atoms with E-state index in [1.807, 2.05) is 0 Å². The molecule has 5 aromatic rings. The molecule has 1 atom stereocenters. The normalized spacial score (nSPS) is 13.6. The number of para-hydroxylation sites is 1. The van der Waals surface area contributed by atoms with Crippen LogP contribution in [0.5, 0.6) is 0 Å². The summed E-state index contributed by atoms with van der Waals surface area (Å²) < 4.78 is 2.37. The molecule has 0 aliphatic rings. The third-order valence-electron chi connectivity index (χ3n) is 6.28. The summed E-state index contributed by atoms with van der Waals surface area (Å²) >= 11 is 0. The van der Waals surface area contributed by atoms with E-state index in [1.54, 1.807) is 0 Å². The molecule has 0 amide bonds. The Morgan fingerprint density at radius 2 is 1.30 bits per heavy atom. The fourth-order valence-corrected chi connectivity index (χ4v) is 4.24. The second kappa shape index (κ2) is 7.16. The van der Waals surface area contributed by atoms with Crippen molar-refractivity contribution in [3.63, 3.8) is 0 Å². The zero-order valence-corrected chi connectivity index (χ0v) is 17.5. The van der Waals surface area contributed by atoms with Crippen molar-refractivity contribution in [1.82, 2.24) is 4.57 Å². The van der Waals surface area contributed by atoms with Crippen LogP contribution in [-0.2, 0) is 5.54 Å². The lowest BCUT2D eigenvalue weighted by Crippen LogP contribution is -2.31.